The maximum atomic E-state index is 13.4. The van der Waals surface area contributed by atoms with Crippen LogP contribution in [0.3, 0.4) is 0 Å². The summed E-state index contributed by atoms with van der Waals surface area (Å²) in [5.41, 5.74) is 0.719. The first kappa shape index (κ1) is 15.0. The second-order valence-electron chi connectivity index (χ2n) is 5.12. The normalized spacial score (nSPS) is 10.7. The molecule has 5 heteroatoms. The minimum Gasteiger partial charge on any atom is -0.344 e. The number of amides is 1. The summed E-state index contributed by atoms with van der Waals surface area (Å²) in [6, 6.07) is 7.66. The van der Waals surface area contributed by atoms with Crippen molar-refractivity contribution in [3.05, 3.63) is 54.1 Å². The largest absolute Gasteiger partial charge is 0.344 e. The summed E-state index contributed by atoms with van der Waals surface area (Å²) in [5, 5.41) is 2.50. The number of halogens is 1. The first-order chi connectivity index (χ1) is 9.97. The van der Waals surface area contributed by atoms with E-state index < -0.39 is 5.82 Å². The van der Waals surface area contributed by atoms with E-state index in [0.717, 1.165) is 0 Å². The van der Waals surface area contributed by atoms with E-state index in [1.807, 2.05) is 13.8 Å². The molecule has 0 saturated carbocycles. The molecule has 0 spiro atoms. The predicted molar refractivity (Wildman–Crippen MR) is 78.6 cm³/mol. The number of hydrogen-bond donors (Lipinski definition) is 1. The molecule has 0 atom stereocenters. The summed E-state index contributed by atoms with van der Waals surface area (Å²) in [7, 11) is 0. The third-order valence-corrected chi connectivity index (χ3v) is 3.03. The summed E-state index contributed by atoms with van der Waals surface area (Å²) in [6.07, 6.45) is 3.29. The maximum absolute atomic E-state index is 13.4. The van der Waals surface area contributed by atoms with E-state index in [1.54, 1.807) is 35.2 Å². The Balaban J connectivity index is 2.01. The van der Waals surface area contributed by atoms with Crippen LogP contribution in [0.15, 0.2) is 42.7 Å². The lowest BCUT2D eigenvalue weighted by Crippen LogP contribution is -2.18. The van der Waals surface area contributed by atoms with Gasteiger partial charge in [-0.25, -0.2) is 4.39 Å². The highest BCUT2D eigenvalue weighted by molar-refractivity contribution is 5.97. The molecule has 110 valence electrons. The molecule has 0 bridgehead atoms. The number of nitrogens with zero attached hydrogens (tertiary/aromatic N) is 1. The van der Waals surface area contributed by atoms with Crippen molar-refractivity contribution in [2.24, 2.45) is 5.92 Å². The third-order valence-electron chi connectivity index (χ3n) is 3.03. The molecule has 0 aliphatic carbocycles. The molecule has 1 heterocycles. The number of ketones is 1. The molecule has 1 amide bonds. The van der Waals surface area contributed by atoms with Crippen LogP contribution < -0.4 is 5.32 Å². The molecule has 1 aromatic heterocycles. The molecule has 0 saturated heterocycles. The Morgan fingerprint density at radius 1 is 1.24 bits per heavy atom. The summed E-state index contributed by atoms with van der Waals surface area (Å²) in [4.78, 5) is 23.7. The first-order valence-electron chi connectivity index (χ1n) is 6.71. The second kappa shape index (κ2) is 6.35. The Bertz CT molecular complexity index is 662. The number of rotatable bonds is 5. The summed E-state index contributed by atoms with van der Waals surface area (Å²) >= 11 is 0. The standard InChI is InChI=1S/C16H17FN2O2/c1-11(2)16(21)12-7-8-19(9-12)10-15(20)18-14-6-4-3-5-13(14)17/h3-9,11H,10H2,1-2H3,(H,18,20). The highest BCUT2D eigenvalue weighted by Crippen LogP contribution is 2.13. The highest BCUT2D eigenvalue weighted by Gasteiger charge is 2.13. The van der Waals surface area contributed by atoms with E-state index in [2.05, 4.69) is 5.32 Å². The molecule has 0 fully saturated rings. The average Bonchev–Trinajstić information content (AvgIpc) is 2.88. The van der Waals surface area contributed by atoms with Crippen molar-refractivity contribution >= 4 is 17.4 Å². The number of carbonyl (C=O) groups is 2. The smallest absolute Gasteiger partial charge is 0.244 e. The van der Waals surface area contributed by atoms with Gasteiger partial charge in [-0.1, -0.05) is 26.0 Å². The second-order valence-corrected chi connectivity index (χ2v) is 5.12. The van der Waals surface area contributed by atoms with E-state index >= 15 is 0 Å². The van der Waals surface area contributed by atoms with E-state index in [1.165, 1.54) is 12.1 Å². The third kappa shape index (κ3) is 3.78. The quantitative estimate of drug-likeness (QED) is 0.859. The topological polar surface area (TPSA) is 51.1 Å². The zero-order valence-electron chi connectivity index (χ0n) is 12.0. The van der Waals surface area contributed by atoms with Crippen LogP contribution in [0.1, 0.15) is 24.2 Å². The van der Waals surface area contributed by atoms with Gasteiger partial charge >= 0.3 is 0 Å². The average molecular weight is 288 g/mol. The number of benzene rings is 1. The van der Waals surface area contributed by atoms with Crippen molar-refractivity contribution < 1.29 is 14.0 Å². The van der Waals surface area contributed by atoms with Crippen molar-refractivity contribution in [1.29, 1.82) is 0 Å². The van der Waals surface area contributed by atoms with Crippen LogP contribution >= 0.6 is 0 Å². The highest BCUT2D eigenvalue weighted by atomic mass is 19.1. The lowest BCUT2D eigenvalue weighted by atomic mass is 10.0. The van der Waals surface area contributed by atoms with Crippen LogP contribution in [-0.2, 0) is 11.3 Å². The van der Waals surface area contributed by atoms with Crippen molar-refractivity contribution in [1.82, 2.24) is 4.57 Å². The lowest BCUT2D eigenvalue weighted by Gasteiger charge is -2.07. The SMILES string of the molecule is CC(C)C(=O)c1ccn(CC(=O)Nc2ccccc2F)c1. The number of aromatic nitrogens is 1. The molecule has 2 aromatic rings. The van der Waals surface area contributed by atoms with Gasteiger partial charge in [-0.15, -0.1) is 0 Å². The number of Topliss-reactive ketones (excluding diaryl/α,β-unsaturated/α-hetero) is 1. The molecule has 0 radical (unpaired) electrons. The number of carbonyl (C=O) groups excluding carboxylic acids is 2. The molecule has 0 aliphatic rings. The van der Waals surface area contributed by atoms with Crippen LogP contribution in [0.2, 0.25) is 0 Å². The fourth-order valence-electron chi connectivity index (χ4n) is 1.94. The number of hydrogen-bond acceptors (Lipinski definition) is 2. The lowest BCUT2D eigenvalue weighted by molar-refractivity contribution is -0.116. The molecule has 0 unspecified atom stereocenters. The monoisotopic (exact) mass is 288 g/mol. The molecule has 4 nitrogen and oxygen atoms in total. The zero-order valence-corrected chi connectivity index (χ0v) is 12.0. The Morgan fingerprint density at radius 2 is 1.95 bits per heavy atom. The molecular weight excluding hydrogens is 271 g/mol. The Morgan fingerprint density at radius 3 is 2.62 bits per heavy atom. The number of anilines is 1. The van der Waals surface area contributed by atoms with Gasteiger partial charge in [0.05, 0.1) is 5.69 Å². The van der Waals surface area contributed by atoms with E-state index in [-0.39, 0.29) is 29.8 Å². The van der Waals surface area contributed by atoms with E-state index in [4.69, 9.17) is 0 Å². The van der Waals surface area contributed by atoms with Gasteiger partial charge in [0.1, 0.15) is 12.4 Å². The Labute approximate surface area is 122 Å². The van der Waals surface area contributed by atoms with E-state index in [9.17, 15) is 14.0 Å². The fraction of sp³-hybridized carbons (Fsp3) is 0.250. The van der Waals surface area contributed by atoms with Gasteiger partial charge in [0.15, 0.2) is 5.78 Å². The van der Waals surface area contributed by atoms with Crippen LogP contribution in [-0.4, -0.2) is 16.3 Å². The van der Waals surface area contributed by atoms with Gasteiger partial charge in [-0.2, -0.15) is 0 Å². The fourth-order valence-corrected chi connectivity index (χ4v) is 1.94. The van der Waals surface area contributed by atoms with Gasteiger partial charge in [0, 0.05) is 23.9 Å². The molecule has 0 aliphatic heterocycles. The maximum Gasteiger partial charge on any atom is 0.244 e. The van der Waals surface area contributed by atoms with Gasteiger partial charge in [0.25, 0.3) is 0 Å². The van der Waals surface area contributed by atoms with Crippen LogP contribution in [0.5, 0.6) is 0 Å². The number of para-hydroxylation sites is 1. The summed E-state index contributed by atoms with van der Waals surface area (Å²) < 4.78 is 15.0. The minimum absolute atomic E-state index is 0.0275. The van der Waals surface area contributed by atoms with Gasteiger partial charge in [-0.3, -0.25) is 9.59 Å². The summed E-state index contributed by atoms with van der Waals surface area (Å²) in [6.45, 7) is 3.68. The van der Waals surface area contributed by atoms with Gasteiger partial charge in [0.2, 0.25) is 5.91 Å². The minimum atomic E-state index is -0.478. The summed E-state index contributed by atoms with van der Waals surface area (Å²) in [5.74, 6) is -0.885. The molecule has 1 aromatic carbocycles. The first-order valence-corrected chi connectivity index (χ1v) is 6.71. The molecule has 21 heavy (non-hydrogen) atoms. The van der Waals surface area contributed by atoms with Crippen molar-refractivity contribution in [3.8, 4) is 0 Å². The van der Waals surface area contributed by atoms with Gasteiger partial charge in [-0.05, 0) is 18.2 Å². The molecule has 1 N–H and O–H groups in total. The Hall–Kier alpha value is -2.43. The van der Waals surface area contributed by atoms with Crippen molar-refractivity contribution in [2.45, 2.75) is 20.4 Å². The van der Waals surface area contributed by atoms with Crippen molar-refractivity contribution in [2.75, 3.05) is 5.32 Å². The van der Waals surface area contributed by atoms with Crippen molar-refractivity contribution in [3.63, 3.8) is 0 Å². The molecular formula is C16H17FN2O2. The number of nitrogens with one attached hydrogen (secondary N) is 1. The Kier molecular flexibility index (Phi) is 4.52. The van der Waals surface area contributed by atoms with E-state index in [0.29, 0.717) is 5.56 Å². The zero-order chi connectivity index (χ0) is 15.4. The molecule has 2 rings (SSSR count). The van der Waals surface area contributed by atoms with Gasteiger partial charge < -0.3 is 9.88 Å². The van der Waals surface area contributed by atoms with Crippen LogP contribution in [0.25, 0.3) is 0 Å². The van der Waals surface area contributed by atoms with Crippen LogP contribution in [0.4, 0.5) is 10.1 Å². The predicted octanol–water partition coefficient (Wildman–Crippen LogP) is 3.10. The van der Waals surface area contributed by atoms with Crippen LogP contribution in [0, 0.1) is 11.7 Å².